The van der Waals surface area contributed by atoms with E-state index in [1.54, 1.807) is 9.80 Å². The lowest BCUT2D eigenvalue weighted by Crippen LogP contribution is -2.25. The summed E-state index contributed by atoms with van der Waals surface area (Å²) in [5.74, 6) is 0.852. The summed E-state index contributed by atoms with van der Waals surface area (Å²) in [5.41, 5.74) is 21.3. The summed E-state index contributed by atoms with van der Waals surface area (Å²) in [6, 6.07) is 39.6. The van der Waals surface area contributed by atoms with Gasteiger partial charge in [-0.2, -0.15) is 10.0 Å². The lowest BCUT2D eigenvalue weighted by atomic mass is 9.68. The minimum atomic E-state index is -1.20. The summed E-state index contributed by atoms with van der Waals surface area (Å²) < 4.78 is 0. The Morgan fingerprint density at radius 1 is 0.714 bits per heavy atom. The van der Waals surface area contributed by atoms with Crippen LogP contribution in [0.5, 0.6) is 0 Å². The van der Waals surface area contributed by atoms with E-state index in [-0.39, 0.29) is 5.41 Å². The van der Waals surface area contributed by atoms with Crippen LogP contribution in [0.1, 0.15) is 76.6 Å². The minimum Gasteiger partial charge on any atom is -0.192 e. The van der Waals surface area contributed by atoms with Gasteiger partial charge in [-0.3, -0.25) is 0 Å². The Labute approximate surface area is 334 Å². The summed E-state index contributed by atoms with van der Waals surface area (Å²) >= 11 is 0. The first-order valence-corrected chi connectivity index (χ1v) is 23.0. The average molecular weight is 741 g/mol. The van der Waals surface area contributed by atoms with E-state index in [1.165, 1.54) is 83.5 Å². The Bertz CT molecular complexity index is 2700. The second-order valence-electron chi connectivity index (χ2n) is 17.3. The molecule has 1 heteroatoms. The average Bonchev–Trinajstić information content (AvgIpc) is 3.45. The normalized spacial score (nSPS) is 23.9. The van der Waals surface area contributed by atoms with Gasteiger partial charge in [0, 0.05) is 27.1 Å². The largest absolute Gasteiger partial charge is 0.192 e. The van der Waals surface area contributed by atoms with Gasteiger partial charge >= 0.3 is 0 Å². The van der Waals surface area contributed by atoms with E-state index in [1.807, 2.05) is 0 Å². The molecule has 0 saturated carbocycles. The number of fused-ring (bicyclic) bond motifs is 7. The summed E-state index contributed by atoms with van der Waals surface area (Å²) in [6.07, 6.45) is 34.5. The van der Waals surface area contributed by atoms with E-state index in [0.717, 1.165) is 32.1 Å². The molecule has 0 amide bonds. The van der Waals surface area contributed by atoms with Gasteiger partial charge in [-0.15, -0.1) is 0 Å². The van der Waals surface area contributed by atoms with Gasteiger partial charge in [0.05, 0.1) is 0 Å². The van der Waals surface area contributed by atoms with Gasteiger partial charge in [0.1, 0.15) is 0 Å². The minimum absolute atomic E-state index is 0.0310. The van der Waals surface area contributed by atoms with Crippen LogP contribution in [0.2, 0.25) is 0 Å². The van der Waals surface area contributed by atoms with E-state index < -0.39 is 10.0 Å². The maximum atomic E-state index is 2.65. The van der Waals surface area contributed by atoms with Gasteiger partial charge in [-0.25, -0.2) is 0 Å². The summed E-state index contributed by atoms with van der Waals surface area (Å²) in [6.45, 7) is 2.47. The smallest absolute Gasteiger partial charge is 0.0154 e. The molecule has 1 heterocycles. The van der Waals surface area contributed by atoms with E-state index >= 15 is 0 Å². The van der Waals surface area contributed by atoms with Gasteiger partial charge in [-0.05, 0) is 146 Å². The van der Waals surface area contributed by atoms with Gasteiger partial charge in [-0.1, -0.05) is 153 Å². The second kappa shape index (κ2) is 12.8. The third-order valence-corrected chi connectivity index (χ3v) is 16.6. The monoisotopic (exact) mass is 740 g/mol. The first-order valence-electron chi connectivity index (χ1n) is 20.5. The number of hydrogen-bond acceptors (Lipinski definition) is 0. The molecule has 0 radical (unpaired) electrons. The number of benzene rings is 5. The zero-order chi connectivity index (χ0) is 37.6. The maximum Gasteiger partial charge on any atom is 0.0154 e. The zero-order valence-corrected chi connectivity index (χ0v) is 33.5. The molecule has 5 aliphatic carbocycles. The Balaban J connectivity index is 0.942. The van der Waals surface area contributed by atoms with Crippen molar-refractivity contribution < 1.29 is 0 Å². The molecular formula is C55H48S. The van der Waals surface area contributed by atoms with Crippen molar-refractivity contribution in [2.75, 3.05) is 12.5 Å². The molecule has 0 nitrogen and oxygen atoms in total. The highest BCUT2D eigenvalue weighted by molar-refractivity contribution is 8.36. The molecule has 11 rings (SSSR count). The molecule has 0 N–H and O–H groups in total. The molecule has 56 heavy (non-hydrogen) atoms. The van der Waals surface area contributed by atoms with Crippen LogP contribution >= 0.6 is 10.0 Å². The molecule has 0 saturated heterocycles. The molecule has 5 aromatic carbocycles. The Morgan fingerprint density at radius 2 is 1.55 bits per heavy atom. The molecule has 5 aromatic rings. The molecule has 0 spiro atoms. The molecule has 0 bridgehead atoms. The van der Waals surface area contributed by atoms with Crippen molar-refractivity contribution in [3.05, 3.63) is 207 Å². The molecule has 274 valence electrons. The van der Waals surface area contributed by atoms with Crippen molar-refractivity contribution in [1.82, 2.24) is 0 Å². The summed E-state index contributed by atoms with van der Waals surface area (Å²) in [5, 5.41) is 0. The topological polar surface area (TPSA) is 0 Å². The fraction of sp³-hybridized carbons (Fsp3) is 0.200. The lowest BCUT2D eigenvalue weighted by Gasteiger charge is -2.39. The highest BCUT2D eigenvalue weighted by Gasteiger charge is 2.43. The van der Waals surface area contributed by atoms with Crippen LogP contribution in [-0.4, -0.2) is 12.5 Å². The molecule has 0 fully saturated rings. The van der Waals surface area contributed by atoms with Crippen molar-refractivity contribution in [2.24, 2.45) is 11.3 Å². The number of hydrogen-bond donors (Lipinski definition) is 0. The van der Waals surface area contributed by atoms with Crippen LogP contribution in [0, 0.1) is 11.3 Å². The predicted octanol–water partition coefficient (Wildman–Crippen LogP) is 14.4. The van der Waals surface area contributed by atoms with E-state index in [0.29, 0.717) is 11.8 Å². The van der Waals surface area contributed by atoms with Crippen molar-refractivity contribution in [1.29, 1.82) is 0 Å². The van der Waals surface area contributed by atoms with Gasteiger partial charge in [0.25, 0.3) is 0 Å². The first kappa shape index (κ1) is 33.9. The predicted molar refractivity (Wildman–Crippen MR) is 242 cm³/mol. The Hall–Kier alpha value is -5.37. The third kappa shape index (κ3) is 5.27. The quantitative estimate of drug-likeness (QED) is 0.172. The highest BCUT2D eigenvalue weighted by atomic mass is 32.3. The Morgan fingerprint density at radius 3 is 2.43 bits per heavy atom. The summed E-state index contributed by atoms with van der Waals surface area (Å²) in [4.78, 5) is 3.11. The van der Waals surface area contributed by atoms with Gasteiger partial charge in [0.2, 0.25) is 0 Å². The van der Waals surface area contributed by atoms with Crippen LogP contribution in [0.4, 0.5) is 0 Å². The van der Waals surface area contributed by atoms with E-state index in [4.69, 9.17) is 0 Å². The van der Waals surface area contributed by atoms with Crippen molar-refractivity contribution in [3.63, 3.8) is 0 Å². The summed E-state index contributed by atoms with van der Waals surface area (Å²) in [7, 11) is -1.20. The first-order chi connectivity index (χ1) is 27.4. The van der Waals surface area contributed by atoms with Crippen LogP contribution in [0.25, 0.3) is 45.6 Å². The molecular weight excluding hydrogens is 693 g/mol. The second-order valence-corrected chi connectivity index (χ2v) is 20.8. The van der Waals surface area contributed by atoms with Crippen LogP contribution < -0.4 is 0 Å². The van der Waals surface area contributed by atoms with Crippen LogP contribution in [-0.2, 0) is 12.8 Å². The van der Waals surface area contributed by atoms with Crippen molar-refractivity contribution in [2.45, 2.75) is 49.8 Å². The van der Waals surface area contributed by atoms with Crippen LogP contribution in [0.3, 0.4) is 0 Å². The van der Waals surface area contributed by atoms with Gasteiger partial charge < -0.3 is 0 Å². The highest BCUT2D eigenvalue weighted by Crippen LogP contribution is 2.71. The van der Waals surface area contributed by atoms with Crippen LogP contribution in [0.15, 0.2) is 167 Å². The standard InChI is InChI=1S/C55H48S/c1-55-34-40-23-22-38(45-28-26-43(36-14-6-4-7-15-36)47-18-10-12-20-49(45)47)30-41(40)31-42(55)33-54-52(35-55)51-25-24-39(32-53(51)56(54,2)3)46-29-27-44(37-16-8-5-9-17-37)48-19-11-13-21-50(46)48/h4-11,13-16,18-19,21-28,30-33,35,37,46H,12,17,20,29,34H2,1-3H3/t37?,46?,55-/m0/s1. The Kier molecular flexibility index (Phi) is 7.77. The fourth-order valence-electron chi connectivity index (χ4n) is 10.7. The molecule has 3 atom stereocenters. The lowest BCUT2D eigenvalue weighted by molar-refractivity contribution is 0.518. The third-order valence-electron chi connectivity index (χ3n) is 13.7. The van der Waals surface area contributed by atoms with E-state index in [9.17, 15) is 0 Å². The fourth-order valence-corrected chi connectivity index (χ4v) is 13.2. The molecule has 6 aliphatic rings. The van der Waals surface area contributed by atoms with Gasteiger partial charge in [0.15, 0.2) is 0 Å². The van der Waals surface area contributed by atoms with Crippen molar-refractivity contribution >= 4 is 33.3 Å². The maximum absolute atomic E-state index is 2.65. The zero-order valence-electron chi connectivity index (χ0n) is 32.7. The number of rotatable bonds is 4. The molecule has 0 aromatic heterocycles. The van der Waals surface area contributed by atoms with E-state index in [2.05, 4.69) is 183 Å². The molecule has 1 aliphatic heterocycles. The SMILES string of the molecule is C[C@]12C=C3C(=CC1=Cc1cc(-c4ccc(-c5ccccc5)c5c4CCC=C5)ccc1C2)S(C)(C)c1cc(C2CC=C(C4C=CC=CC4)c4ccccc42)ccc13. The molecule has 2 unspecified atom stereocenters. The van der Waals surface area contributed by atoms with Crippen molar-refractivity contribution in [3.8, 4) is 22.3 Å². The number of allylic oxidation sites excluding steroid dienone is 11.